The van der Waals surface area contributed by atoms with Gasteiger partial charge >= 0.3 is 0 Å². The Morgan fingerprint density at radius 2 is 2.08 bits per heavy atom. The highest BCUT2D eigenvalue weighted by atomic mass is 16.3. The molecule has 0 rings (SSSR count). The molecule has 3 heteroatoms. The van der Waals surface area contributed by atoms with Crippen LogP contribution in [0.5, 0.6) is 0 Å². The van der Waals surface area contributed by atoms with Gasteiger partial charge in [0, 0.05) is 12.6 Å². The molecule has 1 atom stereocenters. The molecule has 0 aromatic heterocycles. The highest BCUT2D eigenvalue weighted by molar-refractivity contribution is 4.68. The third-order valence-corrected chi connectivity index (χ3v) is 1.98. The van der Waals surface area contributed by atoms with Crippen molar-refractivity contribution in [3.05, 3.63) is 0 Å². The Labute approximate surface area is 75.8 Å². The van der Waals surface area contributed by atoms with Crippen LogP contribution >= 0.6 is 0 Å². The van der Waals surface area contributed by atoms with Crippen molar-refractivity contribution >= 4 is 0 Å². The predicted molar refractivity (Wildman–Crippen MR) is 52.3 cm³/mol. The number of aliphatic hydroxyl groups is 1. The molecular formula is C9H22N2O. The van der Waals surface area contributed by atoms with Crippen LogP contribution in [0.4, 0.5) is 0 Å². The van der Waals surface area contributed by atoms with E-state index in [4.69, 9.17) is 5.11 Å². The summed E-state index contributed by atoms with van der Waals surface area (Å²) in [5.41, 5.74) is 0. The first-order chi connectivity index (χ1) is 5.74. The van der Waals surface area contributed by atoms with Crippen LogP contribution in [0.2, 0.25) is 0 Å². The molecule has 0 amide bonds. The maximum atomic E-state index is 9.01. The van der Waals surface area contributed by atoms with Gasteiger partial charge in [0.1, 0.15) is 0 Å². The fourth-order valence-electron chi connectivity index (χ4n) is 1.04. The fraction of sp³-hybridized carbons (Fsp3) is 1.00. The molecule has 0 fully saturated rings. The topological polar surface area (TPSA) is 35.5 Å². The summed E-state index contributed by atoms with van der Waals surface area (Å²) in [6.45, 7) is 7.42. The SMILES string of the molecule is CCCNC(CO)CN(C)CC. The van der Waals surface area contributed by atoms with Crippen molar-refractivity contribution in [3.8, 4) is 0 Å². The lowest BCUT2D eigenvalue weighted by Gasteiger charge is -2.22. The molecular weight excluding hydrogens is 152 g/mol. The van der Waals surface area contributed by atoms with E-state index in [1.54, 1.807) is 0 Å². The van der Waals surface area contributed by atoms with Crippen molar-refractivity contribution in [1.82, 2.24) is 10.2 Å². The summed E-state index contributed by atoms with van der Waals surface area (Å²) in [7, 11) is 2.07. The number of rotatable bonds is 7. The van der Waals surface area contributed by atoms with E-state index in [0.717, 1.165) is 26.1 Å². The van der Waals surface area contributed by atoms with Crippen LogP contribution in [0.3, 0.4) is 0 Å². The largest absolute Gasteiger partial charge is 0.395 e. The van der Waals surface area contributed by atoms with Crippen LogP contribution in [0.15, 0.2) is 0 Å². The summed E-state index contributed by atoms with van der Waals surface area (Å²) in [6, 6.07) is 0.231. The summed E-state index contributed by atoms with van der Waals surface area (Å²) in [5, 5.41) is 12.3. The average molecular weight is 174 g/mol. The quantitative estimate of drug-likeness (QED) is 0.582. The molecule has 3 nitrogen and oxygen atoms in total. The van der Waals surface area contributed by atoms with Gasteiger partial charge in [-0.05, 0) is 26.6 Å². The summed E-state index contributed by atoms with van der Waals surface area (Å²) < 4.78 is 0. The molecule has 0 aliphatic carbocycles. The molecule has 0 saturated heterocycles. The monoisotopic (exact) mass is 174 g/mol. The number of hydrogen-bond donors (Lipinski definition) is 2. The molecule has 12 heavy (non-hydrogen) atoms. The van der Waals surface area contributed by atoms with Crippen LogP contribution in [0, 0.1) is 0 Å². The Balaban J connectivity index is 3.51. The lowest BCUT2D eigenvalue weighted by atomic mass is 10.3. The van der Waals surface area contributed by atoms with Gasteiger partial charge in [0.25, 0.3) is 0 Å². The first-order valence-electron chi connectivity index (χ1n) is 4.77. The second kappa shape index (κ2) is 7.53. The van der Waals surface area contributed by atoms with Gasteiger partial charge < -0.3 is 15.3 Å². The van der Waals surface area contributed by atoms with E-state index in [2.05, 4.69) is 31.1 Å². The Morgan fingerprint density at radius 1 is 1.42 bits per heavy atom. The van der Waals surface area contributed by atoms with Crippen molar-refractivity contribution in [2.24, 2.45) is 0 Å². The Hall–Kier alpha value is -0.120. The van der Waals surface area contributed by atoms with E-state index in [1.807, 2.05) is 0 Å². The molecule has 0 spiro atoms. The zero-order valence-electron chi connectivity index (χ0n) is 8.51. The van der Waals surface area contributed by atoms with E-state index in [0.29, 0.717) is 0 Å². The molecule has 0 bridgehead atoms. The normalized spacial score (nSPS) is 13.8. The van der Waals surface area contributed by atoms with Gasteiger partial charge in [-0.15, -0.1) is 0 Å². The number of aliphatic hydroxyl groups excluding tert-OH is 1. The third kappa shape index (κ3) is 5.52. The van der Waals surface area contributed by atoms with Gasteiger partial charge in [-0.1, -0.05) is 13.8 Å². The summed E-state index contributed by atoms with van der Waals surface area (Å²) in [6.07, 6.45) is 1.12. The molecule has 0 aromatic carbocycles. The molecule has 0 aliphatic heterocycles. The Kier molecular flexibility index (Phi) is 7.45. The van der Waals surface area contributed by atoms with Crippen LogP contribution < -0.4 is 5.32 Å². The van der Waals surface area contributed by atoms with Crippen molar-refractivity contribution in [2.45, 2.75) is 26.3 Å². The second-order valence-corrected chi connectivity index (χ2v) is 3.19. The summed E-state index contributed by atoms with van der Waals surface area (Å²) >= 11 is 0. The minimum Gasteiger partial charge on any atom is -0.395 e. The standard InChI is InChI=1S/C9H22N2O/c1-4-6-10-9(8-12)7-11(3)5-2/h9-10,12H,4-8H2,1-3H3. The zero-order valence-corrected chi connectivity index (χ0v) is 8.51. The number of likely N-dealkylation sites (N-methyl/N-ethyl adjacent to an activating group) is 1. The highest BCUT2D eigenvalue weighted by Gasteiger charge is 2.07. The molecule has 0 heterocycles. The fourth-order valence-corrected chi connectivity index (χ4v) is 1.04. The Morgan fingerprint density at radius 3 is 2.50 bits per heavy atom. The van der Waals surface area contributed by atoms with Crippen molar-refractivity contribution in [3.63, 3.8) is 0 Å². The second-order valence-electron chi connectivity index (χ2n) is 3.19. The predicted octanol–water partition coefficient (Wildman–Crippen LogP) is 0.299. The van der Waals surface area contributed by atoms with E-state index < -0.39 is 0 Å². The maximum absolute atomic E-state index is 9.01. The van der Waals surface area contributed by atoms with E-state index >= 15 is 0 Å². The van der Waals surface area contributed by atoms with Crippen LogP contribution in [-0.4, -0.2) is 49.3 Å². The van der Waals surface area contributed by atoms with Crippen molar-refractivity contribution < 1.29 is 5.11 Å². The minimum atomic E-state index is 0.227. The lowest BCUT2D eigenvalue weighted by molar-refractivity contribution is 0.202. The number of nitrogens with zero attached hydrogens (tertiary/aromatic N) is 1. The van der Waals surface area contributed by atoms with Crippen LogP contribution in [-0.2, 0) is 0 Å². The lowest BCUT2D eigenvalue weighted by Crippen LogP contribution is -2.42. The van der Waals surface area contributed by atoms with Gasteiger partial charge in [-0.2, -0.15) is 0 Å². The smallest absolute Gasteiger partial charge is 0.0597 e. The van der Waals surface area contributed by atoms with Gasteiger partial charge in [0.2, 0.25) is 0 Å². The van der Waals surface area contributed by atoms with Crippen molar-refractivity contribution in [2.75, 3.05) is 33.3 Å². The van der Waals surface area contributed by atoms with Gasteiger partial charge in [0.15, 0.2) is 0 Å². The molecule has 2 N–H and O–H groups in total. The summed E-state index contributed by atoms with van der Waals surface area (Å²) in [4.78, 5) is 2.20. The molecule has 74 valence electrons. The first kappa shape index (κ1) is 11.9. The van der Waals surface area contributed by atoms with Crippen molar-refractivity contribution in [1.29, 1.82) is 0 Å². The van der Waals surface area contributed by atoms with E-state index in [1.165, 1.54) is 0 Å². The molecule has 0 aliphatic rings. The number of hydrogen-bond acceptors (Lipinski definition) is 3. The maximum Gasteiger partial charge on any atom is 0.0597 e. The molecule has 0 aromatic rings. The highest BCUT2D eigenvalue weighted by Crippen LogP contribution is 1.88. The number of nitrogens with one attached hydrogen (secondary N) is 1. The molecule has 1 unspecified atom stereocenters. The van der Waals surface area contributed by atoms with E-state index in [9.17, 15) is 0 Å². The van der Waals surface area contributed by atoms with Gasteiger partial charge in [0.05, 0.1) is 6.61 Å². The molecule has 0 saturated carbocycles. The minimum absolute atomic E-state index is 0.227. The first-order valence-corrected chi connectivity index (χ1v) is 4.77. The van der Waals surface area contributed by atoms with Gasteiger partial charge in [-0.3, -0.25) is 0 Å². The van der Waals surface area contributed by atoms with Crippen LogP contribution in [0.25, 0.3) is 0 Å². The van der Waals surface area contributed by atoms with Gasteiger partial charge in [-0.25, -0.2) is 0 Å². The Bertz CT molecular complexity index is 98.5. The molecule has 0 radical (unpaired) electrons. The zero-order chi connectivity index (χ0) is 9.40. The van der Waals surface area contributed by atoms with E-state index in [-0.39, 0.29) is 12.6 Å². The van der Waals surface area contributed by atoms with Crippen LogP contribution in [0.1, 0.15) is 20.3 Å². The summed E-state index contributed by atoms with van der Waals surface area (Å²) in [5.74, 6) is 0. The average Bonchev–Trinajstić information content (AvgIpc) is 2.11. The third-order valence-electron chi connectivity index (χ3n) is 1.98.